The Balaban J connectivity index is 1.44. The van der Waals surface area contributed by atoms with Crippen molar-refractivity contribution in [1.29, 1.82) is 0 Å². The van der Waals surface area contributed by atoms with E-state index in [0.717, 1.165) is 19.3 Å². The smallest absolute Gasteiger partial charge is 0.338 e. The van der Waals surface area contributed by atoms with E-state index in [0.29, 0.717) is 11.1 Å². The summed E-state index contributed by atoms with van der Waals surface area (Å²) in [7, 11) is 0. The molecular weight excluding hydrogens is 384 g/mol. The highest BCUT2D eigenvalue weighted by Crippen LogP contribution is 2.25. The van der Waals surface area contributed by atoms with E-state index in [2.05, 4.69) is 10.6 Å². The molecule has 2 aromatic carbocycles. The van der Waals surface area contributed by atoms with Gasteiger partial charge in [0.25, 0.3) is 5.91 Å². The number of carbonyl (C=O) groups is 4. The lowest BCUT2D eigenvalue weighted by molar-refractivity contribution is -0.123. The van der Waals surface area contributed by atoms with E-state index in [1.165, 1.54) is 29.7 Å². The molecule has 3 amide bonds. The van der Waals surface area contributed by atoms with Crippen molar-refractivity contribution in [3.8, 4) is 0 Å². The van der Waals surface area contributed by atoms with E-state index >= 15 is 0 Å². The zero-order valence-corrected chi connectivity index (χ0v) is 16.6. The molecule has 4 rings (SSSR count). The van der Waals surface area contributed by atoms with Crippen LogP contribution in [0.2, 0.25) is 0 Å². The summed E-state index contributed by atoms with van der Waals surface area (Å²) in [6.07, 6.45) is 4.28. The Morgan fingerprint density at radius 3 is 2.50 bits per heavy atom. The molecule has 30 heavy (non-hydrogen) atoms. The second kappa shape index (κ2) is 7.74. The van der Waals surface area contributed by atoms with Crippen LogP contribution in [0.3, 0.4) is 0 Å². The standard InChI is InChI=1S/C23H22N2O5/c1-23(21(28)24-22(29)25-23)18-8-4-7-17(12-18)20(27)30-13-19(26)16-10-9-14-5-2-3-6-15(14)11-16/h4,7-12H,2-3,5-6,13H2,1H3,(H2,24,25,28,29)/t23-/m0/s1. The van der Waals surface area contributed by atoms with Crippen LogP contribution in [-0.2, 0) is 27.9 Å². The normalized spacial score (nSPS) is 20.2. The predicted octanol–water partition coefficient (Wildman–Crippen LogP) is 2.66. The van der Waals surface area contributed by atoms with Gasteiger partial charge >= 0.3 is 12.0 Å². The van der Waals surface area contributed by atoms with Crippen LogP contribution in [0.5, 0.6) is 0 Å². The molecule has 1 atom stereocenters. The first-order chi connectivity index (χ1) is 14.4. The van der Waals surface area contributed by atoms with E-state index in [1.54, 1.807) is 25.1 Å². The number of esters is 1. The fourth-order valence-electron chi connectivity index (χ4n) is 3.91. The molecule has 0 bridgehead atoms. The number of amides is 3. The van der Waals surface area contributed by atoms with Crippen molar-refractivity contribution in [2.45, 2.75) is 38.1 Å². The first kappa shape index (κ1) is 19.8. The lowest BCUT2D eigenvalue weighted by atomic mass is 9.90. The van der Waals surface area contributed by atoms with Crippen molar-refractivity contribution >= 4 is 23.7 Å². The molecule has 1 aliphatic carbocycles. The van der Waals surface area contributed by atoms with Crippen LogP contribution in [0.15, 0.2) is 42.5 Å². The van der Waals surface area contributed by atoms with Crippen LogP contribution in [0.1, 0.15) is 57.2 Å². The predicted molar refractivity (Wildman–Crippen MR) is 108 cm³/mol. The lowest BCUT2D eigenvalue weighted by Crippen LogP contribution is -2.40. The third-order valence-electron chi connectivity index (χ3n) is 5.73. The highest BCUT2D eigenvalue weighted by molar-refractivity contribution is 6.07. The number of carbonyl (C=O) groups excluding carboxylic acids is 4. The minimum Gasteiger partial charge on any atom is -0.454 e. The molecule has 0 aromatic heterocycles. The highest BCUT2D eigenvalue weighted by atomic mass is 16.5. The molecule has 0 radical (unpaired) electrons. The molecule has 1 aliphatic heterocycles. The molecule has 2 aliphatic rings. The molecule has 2 N–H and O–H groups in total. The molecule has 7 nitrogen and oxygen atoms in total. The monoisotopic (exact) mass is 406 g/mol. The van der Waals surface area contributed by atoms with Crippen molar-refractivity contribution in [3.05, 3.63) is 70.3 Å². The van der Waals surface area contributed by atoms with E-state index in [-0.39, 0.29) is 18.0 Å². The van der Waals surface area contributed by atoms with Crippen LogP contribution in [0.4, 0.5) is 4.79 Å². The Morgan fingerprint density at radius 2 is 1.77 bits per heavy atom. The van der Waals surface area contributed by atoms with Crippen molar-refractivity contribution in [2.75, 3.05) is 6.61 Å². The summed E-state index contributed by atoms with van der Waals surface area (Å²) in [5.74, 6) is -1.43. The summed E-state index contributed by atoms with van der Waals surface area (Å²) in [4.78, 5) is 48.6. The zero-order chi connectivity index (χ0) is 21.3. The molecular formula is C23H22N2O5. The highest BCUT2D eigenvalue weighted by Gasteiger charge is 2.43. The molecule has 1 fully saturated rings. The minimum atomic E-state index is -1.27. The molecule has 1 heterocycles. The number of hydrogen-bond acceptors (Lipinski definition) is 5. The molecule has 7 heteroatoms. The van der Waals surface area contributed by atoms with Crippen molar-refractivity contribution in [1.82, 2.24) is 10.6 Å². The first-order valence-corrected chi connectivity index (χ1v) is 9.93. The van der Waals surface area contributed by atoms with Crippen molar-refractivity contribution in [3.63, 3.8) is 0 Å². The van der Waals surface area contributed by atoms with Gasteiger partial charge in [-0.05, 0) is 67.5 Å². The Labute approximate surface area is 173 Å². The number of hydrogen-bond donors (Lipinski definition) is 2. The summed E-state index contributed by atoms with van der Waals surface area (Å²) in [5.41, 5.74) is 2.38. The summed E-state index contributed by atoms with van der Waals surface area (Å²) in [6.45, 7) is 1.19. The number of nitrogens with one attached hydrogen (secondary N) is 2. The minimum absolute atomic E-state index is 0.195. The van der Waals surface area contributed by atoms with E-state index < -0.39 is 23.4 Å². The van der Waals surface area contributed by atoms with Gasteiger partial charge in [-0.2, -0.15) is 0 Å². The van der Waals surface area contributed by atoms with E-state index in [1.807, 2.05) is 12.1 Å². The van der Waals surface area contributed by atoms with Gasteiger partial charge in [0.05, 0.1) is 5.56 Å². The van der Waals surface area contributed by atoms with Gasteiger partial charge in [-0.3, -0.25) is 14.9 Å². The summed E-state index contributed by atoms with van der Waals surface area (Å²) < 4.78 is 5.21. The average Bonchev–Trinajstić information content (AvgIpc) is 3.03. The second-order valence-electron chi connectivity index (χ2n) is 7.80. The number of imide groups is 1. The SMILES string of the molecule is C[C@@]1(c2cccc(C(=O)OCC(=O)c3ccc4c(c3)CCCC4)c2)NC(=O)NC1=O. The van der Waals surface area contributed by atoms with Gasteiger partial charge in [0.1, 0.15) is 5.54 Å². The van der Waals surface area contributed by atoms with E-state index in [4.69, 9.17) is 4.74 Å². The number of aryl methyl sites for hydroxylation is 2. The van der Waals surface area contributed by atoms with Crippen LogP contribution in [0, 0.1) is 0 Å². The molecule has 0 saturated carbocycles. The van der Waals surface area contributed by atoms with Gasteiger partial charge in [-0.25, -0.2) is 9.59 Å². The van der Waals surface area contributed by atoms with Crippen molar-refractivity contribution < 1.29 is 23.9 Å². The second-order valence-corrected chi connectivity index (χ2v) is 7.80. The zero-order valence-electron chi connectivity index (χ0n) is 16.6. The number of ketones is 1. The summed E-state index contributed by atoms with van der Waals surface area (Å²) in [5, 5.41) is 4.74. The molecule has 2 aromatic rings. The maximum Gasteiger partial charge on any atom is 0.338 e. The third kappa shape index (κ3) is 3.70. The van der Waals surface area contributed by atoms with Gasteiger partial charge in [0.2, 0.25) is 0 Å². The van der Waals surface area contributed by atoms with Crippen LogP contribution in [0.25, 0.3) is 0 Å². The largest absolute Gasteiger partial charge is 0.454 e. The quantitative estimate of drug-likeness (QED) is 0.452. The molecule has 0 unspecified atom stereocenters. The Hall–Kier alpha value is -3.48. The van der Waals surface area contributed by atoms with Gasteiger partial charge in [-0.15, -0.1) is 0 Å². The number of fused-ring (bicyclic) bond motifs is 1. The van der Waals surface area contributed by atoms with Crippen LogP contribution < -0.4 is 10.6 Å². The number of ether oxygens (including phenoxy) is 1. The van der Waals surface area contributed by atoms with Crippen LogP contribution in [-0.4, -0.2) is 30.3 Å². The summed E-state index contributed by atoms with van der Waals surface area (Å²) >= 11 is 0. The van der Waals surface area contributed by atoms with Gasteiger partial charge < -0.3 is 10.1 Å². The third-order valence-corrected chi connectivity index (χ3v) is 5.73. The van der Waals surface area contributed by atoms with Crippen LogP contribution >= 0.6 is 0 Å². The fraction of sp³-hybridized carbons (Fsp3) is 0.304. The van der Waals surface area contributed by atoms with Gasteiger partial charge in [0.15, 0.2) is 12.4 Å². The fourth-order valence-corrected chi connectivity index (χ4v) is 3.91. The molecule has 0 spiro atoms. The summed E-state index contributed by atoms with van der Waals surface area (Å²) in [6, 6.07) is 11.3. The number of rotatable bonds is 5. The maximum atomic E-state index is 12.5. The number of benzene rings is 2. The van der Waals surface area contributed by atoms with Gasteiger partial charge in [0, 0.05) is 5.56 Å². The Morgan fingerprint density at radius 1 is 1.00 bits per heavy atom. The number of urea groups is 1. The van der Waals surface area contributed by atoms with Gasteiger partial charge in [-0.1, -0.05) is 24.3 Å². The topological polar surface area (TPSA) is 102 Å². The Bertz CT molecular complexity index is 1060. The average molecular weight is 406 g/mol. The first-order valence-electron chi connectivity index (χ1n) is 9.93. The Kier molecular flexibility index (Phi) is 5.11. The lowest BCUT2D eigenvalue weighted by Gasteiger charge is -2.21. The maximum absolute atomic E-state index is 12.5. The molecule has 1 saturated heterocycles. The van der Waals surface area contributed by atoms with Crippen molar-refractivity contribution in [2.24, 2.45) is 0 Å². The van der Waals surface area contributed by atoms with E-state index in [9.17, 15) is 19.2 Å². The molecule has 154 valence electrons. The number of Topliss-reactive ketones (excluding diaryl/α,β-unsaturated/α-hetero) is 1.